The normalized spacial score (nSPS) is 14.0. The van der Waals surface area contributed by atoms with Crippen molar-refractivity contribution in [3.63, 3.8) is 0 Å². The summed E-state index contributed by atoms with van der Waals surface area (Å²) in [6, 6.07) is 2.36. The van der Waals surface area contributed by atoms with E-state index in [1.807, 2.05) is 40.7 Å². The lowest BCUT2D eigenvalue weighted by atomic mass is 10.1. The molecule has 170 valence electrons. The Morgan fingerprint density at radius 3 is 2.47 bits per heavy atom. The summed E-state index contributed by atoms with van der Waals surface area (Å²) in [7, 11) is 3.64. The summed E-state index contributed by atoms with van der Waals surface area (Å²) >= 11 is 0. The molecule has 1 saturated heterocycles. The summed E-state index contributed by atoms with van der Waals surface area (Å²) in [5.41, 5.74) is 5.82. The molecular formula is C23H40N4O3. The van der Waals surface area contributed by atoms with E-state index in [-0.39, 0.29) is 0 Å². The van der Waals surface area contributed by atoms with Gasteiger partial charge in [-0.2, -0.15) is 0 Å². The molecule has 0 unspecified atom stereocenters. The standard InChI is InChI=1S/C18H23N3O3.2C2H6.CH5N/c1-3-23-9-6-14-15-10-18(19-11-16(15)24-17(14)12-22)20-13-4-7-21(2)8-5-13;3*1-2/h6,9-13H,3-5,7-8H2,1-2H3,(H,19,20);2*1-2H3;2H2,1H3/b9-6+;;;. The van der Waals surface area contributed by atoms with Gasteiger partial charge < -0.3 is 25.1 Å². The van der Waals surface area contributed by atoms with Gasteiger partial charge in [0.25, 0.3) is 0 Å². The molecule has 0 radical (unpaired) electrons. The molecule has 7 nitrogen and oxygen atoms in total. The van der Waals surface area contributed by atoms with Crippen molar-refractivity contribution in [3.05, 3.63) is 29.8 Å². The molecule has 2 aromatic rings. The number of aromatic nitrogens is 1. The first-order valence-electron chi connectivity index (χ1n) is 10.9. The van der Waals surface area contributed by atoms with E-state index in [1.54, 1.807) is 18.5 Å². The van der Waals surface area contributed by atoms with Crippen LogP contribution in [-0.2, 0) is 4.74 Å². The van der Waals surface area contributed by atoms with E-state index < -0.39 is 0 Å². The van der Waals surface area contributed by atoms with Gasteiger partial charge >= 0.3 is 0 Å². The van der Waals surface area contributed by atoms with Crippen LogP contribution >= 0.6 is 0 Å². The van der Waals surface area contributed by atoms with Gasteiger partial charge in [0, 0.05) is 17.0 Å². The maximum absolute atomic E-state index is 11.3. The van der Waals surface area contributed by atoms with Gasteiger partial charge in [-0.05, 0) is 59.1 Å². The Morgan fingerprint density at radius 2 is 1.90 bits per heavy atom. The second-order valence-electron chi connectivity index (χ2n) is 6.04. The maximum atomic E-state index is 11.3. The number of carbonyl (C=O) groups excluding carboxylic acids is 1. The SMILES string of the molecule is CC.CC.CCO/C=C/c1c(C=O)oc2cnc(NC3CCN(C)CC3)cc12.CN. The van der Waals surface area contributed by atoms with Gasteiger partial charge in [-0.15, -0.1) is 0 Å². The Kier molecular flexibility index (Phi) is 15.1. The number of aldehydes is 1. The van der Waals surface area contributed by atoms with Crippen LogP contribution in [0.2, 0.25) is 0 Å². The highest BCUT2D eigenvalue weighted by molar-refractivity contribution is 5.96. The van der Waals surface area contributed by atoms with Gasteiger partial charge in [0.1, 0.15) is 5.82 Å². The van der Waals surface area contributed by atoms with Crippen LogP contribution in [0.1, 0.15) is 63.6 Å². The highest BCUT2D eigenvalue weighted by atomic mass is 16.5. The third-order valence-corrected chi connectivity index (χ3v) is 4.32. The molecule has 3 rings (SSSR count). The van der Waals surface area contributed by atoms with E-state index in [1.165, 1.54) is 7.05 Å². The van der Waals surface area contributed by atoms with Gasteiger partial charge in [0.15, 0.2) is 17.6 Å². The van der Waals surface area contributed by atoms with Gasteiger partial charge in [-0.3, -0.25) is 4.79 Å². The lowest BCUT2D eigenvalue weighted by molar-refractivity contribution is 0.110. The van der Waals surface area contributed by atoms with Crippen molar-refractivity contribution in [3.8, 4) is 0 Å². The number of nitrogens with zero attached hydrogens (tertiary/aromatic N) is 2. The molecular weight excluding hydrogens is 380 g/mol. The highest BCUT2D eigenvalue weighted by Crippen LogP contribution is 2.28. The number of fused-ring (bicyclic) bond motifs is 1. The number of nitrogens with two attached hydrogens (primary N) is 1. The number of carbonyl (C=O) groups is 1. The summed E-state index contributed by atoms with van der Waals surface area (Å²) in [4.78, 5) is 18.0. The van der Waals surface area contributed by atoms with E-state index in [0.717, 1.165) is 49.0 Å². The molecule has 0 spiro atoms. The van der Waals surface area contributed by atoms with E-state index in [9.17, 15) is 4.79 Å². The summed E-state index contributed by atoms with van der Waals surface area (Å²) < 4.78 is 10.8. The van der Waals surface area contributed by atoms with E-state index in [4.69, 9.17) is 9.15 Å². The number of rotatable bonds is 6. The number of hydrogen-bond acceptors (Lipinski definition) is 7. The predicted molar refractivity (Wildman–Crippen MR) is 127 cm³/mol. The number of piperidine rings is 1. The average molecular weight is 421 g/mol. The smallest absolute Gasteiger partial charge is 0.185 e. The number of pyridine rings is 1. The van der Waals surface area contributed by atoms with Crippen molar-refractivity contribution < 1.29 is 13.9 Å². The molecule has 1 aliphatic rings. The average Bonchev–Trinajstić information content (AvgIpc) is 3.17. The van der Waals surface area contributed by atoms with Crippen LogP contribution in [0, 0.1) is 0 Å². The molecule has 1 aliphatic heterocycles. The molecule has 3 heterocycles. The third-order valence-electron chi connectivity index (χ3n) is 4.32. The van der Waals surface area contributed by atoms with Gasteiger partial charge in [-0.1, -0.05) is 27.7 Å². The molecule has 0 bridgehead atoms. The second kappa shape index (κ2) is 16.4. The Labute approximate surface area is 181 Å². The Balaban J connectivity index is 0.00000129. The van der Waals surface area contributed by atoms with E-state index >= 15 is 0 Å². The fraction of sp³-hybridized carbons (Fsp3) is 0.565. The quantitative estimate of drug-likeness (QED) is 0.513. The van der Waals surface area contributed by atoms with Crippen LogP contribution in [0.4, 0.5) is 5.82 Å². The Hall–Kier alpha value is -2.38. The fourth-order valence-corrected chi connectivity index (χ4v) is 2.95. The molecule has 0 atom stereocenters. The van der Waals surface area contributed by atoms with E-state index in [2.05, 4.69) is 28.0 Å². The van der Waals surface area contributed by atoms with Gasteiger partial charge in [-0.25, -0.2) is 4.98 Å². The Morgan fingerprint density at radius 1 is 1.27 bits per heavy atom. The molecule has 0 aliphatic carbocycles. The number of anilines is 1. The summed E-state index contributed by atoms with van der Waals surface area (Å²) in [5, 5.41) is 4.35. The number of hydrogen-bond donors (Lipinski definition) is 2. The molecule has 0 amide bonds. The molecule has 2 aromatic heterocycles. The van der Waals surface area contributed by atoms with Crippen LogP contribution in [-0.4, -0.2) is 56.0 Å². The molecule has 3 N–H and O–H groups in total. The molecule has 1 fully saturated rings. The molecule has 0 aromatic carbocycles. The van der Waals surface area contributed by atoms with Crippen LogP contribution in [0.25, 0.3) is 17.0 Å². The van der Waals surface area contributed by atoms with Crippen LogP contribution in [0.3, 0.4) is 0 Å². The monoisotopic (exact) mass is 420 g/mol. The minimum atomic E-state index is 0.291. The van der Waals surface area contributed by atoms with Crippen molar-refractivity contribution in [2.45, 2.75) is 53.5 Å². The highest BCUT2D eigenvalue weighted by Gasteiger charge is 2.18. The van der Waals surface area contributed by atoms with Crippen LogP contribution in [0.15, 0.2) is 22.9 Å². The van der Waals surface area contributed by atoms with Crippen molar-refractivity contribution in [1.82, 2.24) is 9.88 Å². The zero-order valence-electron chi connectivity index (χ0n) is 19.7. The summed E-state index contributed by atoms with van der Waals surface area (Å²) in [6.45, 7) is 12.7. The van der Waals surface area contributed by atoms with Crippen molar-refractivity contribution in [2.75, 3.05) is 39.1 Å². The van der Waals surface area contributed by atoms with Crippen molar-refractivity contribution >= 4 is 29.1 Å². The van der Waals surface area contributed by atoms with E-state index in [0.29, 0.717) is 24.0 Å². The van der Waals surface area contributed by atoms with Crippen LogP contribution in [0.5, 0.6) is 0 Å². The first-order valence-corrected chi connectivity index (χ1v) is 10.9. The Bertz CT molecular complexity index is 735. The summed E-state index contributed by atoms with van der Waals surface area (Å²) in [5.74, 6) is 1.10. The zero-order valence-corrected chi connectivity index (χ0v) is 19.7. The molecule has 30 heavy (non-hydrogen) atoms. The van der Waals surface area contributed by atoms with Crippen molar-refractivity contribution in [2.24, 2.45) is 5.73 Å². The minimum absolute atomic E-state index is 0.291. The fourth-order valence-electron chi connectivity index (χ4n) is 2.95. The predicted octanol–water partition coefficient (Wildman–Crippen LogP) is 4.78. The lowest BCUT2D eigenvalue weighted by Crippen LogP contribution is -2.36. The molecule has 7 heteroatoms. The first-order chi connectivity index (χ1) is 14.7. The van der Waals surface area contributed by atoms with Crippen LogP contribution < -0.4 is 11.1 Å². The first kappa shape index (κ1) is 27.6. The van der Waals surface area contributed by atoms with Crippen molar-refractivity contribution in [1.29, 1.82) is 0 Å². The number of furan rings is 1. The maximum Gasteiger partial charge on any atom is 0.185 e. The largest absolute Gasteiger partial charge is 0.501 e. The third kappa shape index (κ3) is 8.16. The topological polar surface area (TPSA) is 93.6 Å². The van der Waals surface area contributed by atoms with Gasteiger partial charge in [0.2, 0.25) is 0 Å². The number of nitrogens with one attached hydrogen (secondary N) is 1. The number of likely N-dealkylation sites (tertiary alicyclic amines) is 1. The minimum Gasteiger partial charge on any atom is -0.501 e. The summed E-state index contributed by atoms with van der Waals surface area (Å²) in [6.07, 6.45) is 7.92. The zero-order chi connectivity index (χ0) is 22.9. The second-order valence-corrected chi connectivity index (χ2v) is 6.04. The van der Waals surface area contributed by atoms with Gasteiger partial charge in [0.05, 0.1) is 19.1 Å². The number of ether oxygens (including phenoxy) is 1. The molecule has 0 saturated carbocycles. The lowest BCUT2D eigenvalue weighted by Gasteiger charge is -2.29.